The highest BCUT2D eigenvalue weighted by atomic mass is 35.5. The predicted molar refractivity (Wildman–Crippen MR) is 103 cm³/mol. The number of amides is 1. The van der Waals surface area contributed by atoms with Crippen LogP contribution in [0.4, 0.5) is 0 Å². The van der Waals surface area contributed by atoms with Gasteiger partial charge < -0.3 is 14.8 Å². The molecule has 3 rings (SSSR count). The molecule has 0 heterocycles. The molecule has 2 aromatic rings. The van der Waals surface area contributed by atoms with Gasteiger partial charge in [0.2, 0.25) is 0 Å². The molecule has 0 aromatic heterocycles. The minimum atomic E-state index is -0.566. The van der Waals surface area contributed by atoms with E-state index in [4.69, 9.17) is 21.1 Å². The largest absolute Gasteiger partial charge is 0.482 e. The molecule has 0 fully saturated rings. The molecule has 0 saturated heterocycles. The van der Waals surface area contributed by atoms with Crippen molar-refractivity contribution in [2.45, 2.75) is 25.7 Å². The van der Waals surface area contributed by atoms with Crippen LogP contribution >= 0.6 is 11.6 Å². The summed E-state index contributed by atoms with van der Waals surface area (Å²) >= 11 is 5.83. The number of ether oxygens (including phenoxy) is 2. The Morgan fingerprint density at radius 3 is 2.59 bits per heavy atom. The molecule has 1 aliphatic carbocycles. The standard InChI is InChI=1S/C21H22ClNO4/c22-18-7-4-15(5-8-18)10-11-23-20(24)13-27-21(25)14-26-19-9-6-16-2-1-3-17(16)12-19/h4-9,12H,1-3,10-11,13-14H2,(H,23,24). The van der Waals surface area contributed by atoms with Crippen molar-refractivity contribution in [3.63, 3.8) is 0 Å². The first-order chi connectivity index (χ1) is 13.1. The van der Waals surface area contributed by atoms with Crippen molar-refractivity contribution in [1.82, 2.24) is 5.32 Å². The number of rotatable bonds is 8. The second-order valence-corrected chi connectivity index (χ2v) is 6.90. The lowest BCUT2D eigenvalue weighted by atomic mass is 10.1. The highest BCUT2D eigenvalue weighted by molar-refractivity contribution is 6.30. The number of benzene rings is 2. The lowest BCUT2D eigenvalue weighted by Crippen LogP contribution is -2.31. The first-order valence-corrected chi connectivity index (χ1v) is 9.39. The third kappa shape index (κ3) is 6.00. The molecule has 6 heteroatoms. The fourth-order valence-corrected chi connectivity index (χ4v) is 3.14. The molecule has 0 saturated carbocycles. The summed E-state index contributed by atoms with van der Waals surface area (Å²) in [6, 6.07) is 13.3. The fraction of sp³-hybridized carbons (Fsp3) is 0.333. The summed E-state index contributed by atoms with van der Waals surface area (Å²) in [4.78, 5) is 23.5. The Balaban J connectivity index is 1.31. The highest BCUT2D eigenvalue weighted by Gasteiger charge is 2.13. The van der Waals surface area contributed by atoms with Crippen molar-refractivity contribution in [2.75, 3.05) is 19.8 Å². The first kappa shape index (κ1) is 19.2. The van der Waals surface area contributed by atoms with E-state index in [2.05, 4.69) is 5.32 Å². The Labute approximate surface area is 163 Å². The Morgan fingerprint density at radius 1 is 1.00 bits per heavy atom. The van der Waals surface area contributed by atoms with Gasteiger partial charge in [-0.05, 0) is 66.6 Å². The zero-order valence-corrected chi connectivity index (χ0v) is 15.8. The number of hydrogen-bond donors (Lipinski definition) is 1. The molecular weight excluding hydrogens is 366 g/mol. The van der Waals surface area contributed by atoms with Crippen molar-refractivity contribution < 1.29 is 19.1 Å². The van der Waals surface area contributed by atoms with Gasteiger partial charge in [-0.15, -0.1) is 0 Å². The van der Waals surface area contributed by atoms with Gasteiger partial charge in [-0.1, -0.05) is 29.8 Å². The lowest BCUT2D eigenvalue weighted by Gasteiger charge is -2.09. The van der Waals surface area contributed by atoms with Crippen LogP contribution < -0.4 is 10.1 Å². The number of halogens is 1. The van der Waals surface area contributed by atoms with E-state index in [0.717, 1.165) is 24.8 Å². The van der Waals surface area contributed by atoms with Gasteiger partial charge in [0.25, 0.3) is 5.91 Å². The molecule has 1 aliphatic rings. The van der Waals surface area contributed by atoms with E-state index >= 15 is 0 Å². The van der Waals surface area contributed by atoms with Crippen molar-refractivity contribution in [2.24, 2.45) is 0 Å². The van der Waals surface area contributed by atoms with Gasteiger partial charge in [-0.25, -0.2) is 4.79 Å². The average Bonchev–Trinajstić information content (AvgIpc) is 3.14. The third-order valence-corrected chi connectivity index (χ3v) is 4.69. The Kier molecular flexibility index (Phi) is 6.71. The van der Waals surface area contributed by atoms with Crippen molar-refractivity contribution in [3.05, 3.63) is 64.2 Å². The smallest absolute Gasteiger partial charge is 0.344 e. The Morgan fingerprint density at radius 2 is 1.78 bits per heavy atom. The molecule has 5 nitrogen and oxygen atoms in total. The summed E-state index contributed by atoms with van der Waals surface area (Å²) in [6.45, 7) is -0.0620. The van der Waals surface area contributed by atoms with Crippen molar-refractivity contribution >= 4 is 23.5 Å². The second kappa shape index (κ2) is 9.42. The minimum Gasteiger partial charge on any atom is -0.482 e. The molecule has 142 valence electrons. The predicted octanol–water partition coefficient (Wildman–Crippen LogP) is 3.11. The van der Waals surface area contributed by atoms with Gasteiger partial charge in [-0.3, -0.25) is 4.79 Å². The van der Waals surface area contributed by atoms with Crippen LogP contribution in [0.15, 0.2) is 42.5 Å². The number of nitrogens with one attached hydrogen (secondary N) is 1. The second-order valence-electron chi connectivity index (χ2n) is 6.46. The maximum Gasteiger partial charge on any atom is 0.344 e. The summed E-state index contributed by atoms with van der Waals surface area (Å²) in [5.41, 5.74) is 3.69. The van der Waals surface area contributed by atoms with Crippen molar-refractivity contribution in [1.29, 1.82) is 0 Å². The van der Waals surface area contributed by atoms with Crippen LogP contribution in [0.5, 0.6) is 5.75 Å². The summed E-state index contributed by atoms with van der Waals surface area (Å²) in [6.07, 6.45) is 3.99. The molecule has 1 N–H and O–H groups in total. The monoisotopic (exact) mass is 387 g/mol. The van der Waals surface area contributed by atoms with E-state index < -0.39 is 5.97 Å². The van der Waals surface area contributed by atoms with Crippen LogP contribution in [0.3, 0.4) is 0 Å². The van der Waals surface area contributed by atoms with Crippen LogP contribution in [-0.4, -0.2) is 31.6 Å². The number of fused-ring (bicyclic) bond motifs is 1. The molecule has 0 unspecified atom stereocenters. The summed E-state index contributed by atoms with van der Waals surface area (Å²) in [5.74, 6) is -0.252. The quantitative estimate of drug-likeness (QED) is 0.707. The topological polar surface area (TPSA) is 64.6 Å². The van der Waals surface area contributed by atoms with Crippen molar-refractivity contribution in [3.8, 4) is 5.75 Å². The molecule has 27 heavy (non-hydrogen) atoms. The van der Waals surface area contributed by atoms with Gasteiger partial charge in [0.15, 0.2) is 13.2 Å². The minimum absolute atomic E-state index is 0.211. The number of carbonyl (C=O) groups is 2. The molecule has 1 amide bonds. The SMILES string of the molecule is O=C(COC(=O)COc1ccc2c(c1)CCC2)NCCc1ccc(Cl)cc1. The Hall–Kier alpha value is -2.53. The summed E-state index contributed by atoms with van der Waals surface area (Å²) in [5, 5.41) is 3.39. The molecule has 0 spiro atoms. The van der Waals surface area contributed by atoms with Crippen LogP contribution in [0, 0.1) is 0 Å². The van der Waals surface area contributed by atoms with Crippen LogP contribution in [0.25, 0.3) is 0 Å². The van der Waals surface area contributed by atoms with E-state index in [0.29, 0.717) is 23.7 Å². The highest BCUT2D eigenvalue weighted by Crippen LogP contribution is 2.25. The lowest BCUT2D eigenvalue weighted by molar-refractivity contribution is -0.150. The van der Waals surface area contributed by atoms with Crippen LogP contribution in [0.2, 0.25) is 5.02 Å². The normalized spacial score (nSPS) is 12.3. The number of aryl methyl sites for hydroxylation is 2. The molecule has 0 bridgehead atoms. The van der Waals surface area contributed by atoms with Gasteiger partial charge >= 0.3 is 5.97 Å². The molecule has 0 atom stereocenters. The first-order valence-electron chi connectivity index (χ1n) is 9.01. The summed E-state index contributed by atoms with van der Waals surface area (Å²) in [7, 11) is 0. The number of esters is 1. The third-order valence-electron chi connectivity index (χ3n) is 4.44. The van der Waals surface area contributed by atoms with E-state index in [9.17, 15) is 9.59 Å². The van der Waals surface area contributed by atoms with Gasteiger partial charge in [0, 0.05) is 11.6 Å². The van der Waals surface area contributed by atoms with E-state index in [1.807, 2.05) is 42.5 Å². The Bertz CT molecular complexity index is 804. The molecular formula is C21H22ClNO4. The molecule has 0 aliphatic heterocycles. The van der Waals surface area contributed by atoms with Gasteiger partial charge in [0.1, 0.15) is 5.75 Å². The van der Waals surface area contributed by atoms with E-state index in [1.165, 1.54) is 11.1 Å². The summed E-state index contributed by atoms with van der Waals surface area (Å²) < 4.78 is 10.4. The van der Waals surface area contributed by atoms with Gasteiger partial charge in [-0.2, -0.15) is 0 Å². The molecule has 2 aromatic carbocycles. The maximum absolute atomic E-state index is 11.7. The molecule has 0 radical (unpaired) electrons. The fourth-order valence-electron chi connectivity index (χ4n) is 3.02. The van der Waals surface area contributed by atoms with Crippen LogP contribution in [-0.2, 0) is 33.6 Å². The number of hydrogen-bond acceptors (Lipinski definition) is 4. The zero-order chi connectivity index (χ0) is 19.1. The van der Waals surface area contributed by atoms with Crippen LogP contribution in [0.1, 0.15) is 23.1 Å². The van der Waals surface area contributed by atoms with E-state index in [1.54, 1.807) is 0 Å². The number of carbonyl (C=O) groups excluding carboxylic acids is 2. The average molecular weight is 388 g/mol. The van der Waals surface area contributed by atoms with E-state index in [-0.39, 0.29) is 19.1 Å². The maximum atomic E-state index is 11.7. The zero-order valence-electron chi connectivity index (χ0n) is 15.0. The van der Waals surface area contributed by atoms with Gasteiger partial charge in [0.05, 0.1) is 0 Å².